The maximum atomic E-state index is 13.0. The van der Waals surface area contributed by atoms with Crippen LogP contribution in [0.4, 0.5) is 4.39 Å². The smallest absolute Gasteiger partial charge is 0.124 e. The highest BCUT2D eigenvalue weighted by molar-refractivity contribution is 7.18. The van der Waals surface area contributed by atoms with Gasteiger partial charge in [0.1, 0.15) is 5.41 Å². The molecule has 54 valence electrons. The molecule has 0 amide bonds. The van der Waals surface area contributed by atoms with Gasteiger partial charge in [-0.2, -0.15) is 0 Å². The van der Waals surface area contributed by atoms with Crippen molar-refractivity contribution in [2.45, 2.75) is 37.1 Å². The van der Waals surface area contributed by atoms with Gasteiger partial charge in [-0.3, -0.25) is 0 Å². The van der Waals surface area contributed by atoms with Crippen LogP contribution in [0.5, 0.6) is 0 Å². The molecule has 1 aliphatic carbocycles. The number of alkyl halides is 1. The van der Waals surface area contributed by atoms with Crippen LogP contribution in [0.1, 0.15) is 25.7 Å². The minimum absolute atomic E-state index is 0.245. The average molecular weight is 149 g/mol. The lowest BCUT2D eigenvalue weighted by atomic mass is 9.94. The molecule has 2 N–H and O–H groups in total. The first-order chi connectivity index (χ1) is 4.10. The SMILES string of the molecule is NC1CCC(F)(P)CC1. The van der Waals surface area contributed by atoms with Crippen LogP contribution in [0.25, 0.3) is 0 Å². The second kappa shape index (κ2) is 2.51. The lowest BCUT2D eigenvalue weighted by molar-refractivity contribution is 0.198. The summed E-state index contributed by atoms with van der Waals surface area (Å²) in [5, 5.41) is -1.00. The molecule has 0 heterocycles. The molecule has 0 aromatic rings. The molecule has 0 saturated heterocycles. The quantitative estimate of drug-likeness (QED) is 0.518. The summed E-state index contributed by atoms with van der Waals surface area (Å²) < 4.78 is 13.0. The molecule has 0 radical (unpaired) electrons. The standard InChI is InChI=1S/C6H13FNP/c7-6(9)3-1-5(8)2-4-6/h5H,1-4,8-9H2. The topological polar surface area (TPSA) is 26.0 Å². The zero-order chi connectivity index (χ0) is 6.91. The Hall–Kier alpha value is 0.320. The van der Waals surface area contributed by atoms with Crippen molar-refractivity contribution in [1.29, 1.82) is 0 Å². The van der Waals surface area contributed by atoms with E-state index in [2.05, 4.69) is 9.24 Å². The van der Waals surface area contributed by atoms with Gasteiger partial charge < -0.3 is 5.73 Å². The Balaban J connectivity index is 2.35. The van der Waals surface area contributed by atoms with Gasteiger partial charge >= 0.3 is 0 Å². The lowest BCUT2D eigenvalue weighted by Crippen LogP contribution is -2.31. The third kappa shape index (κ3) is 2.19. The summed E-state index contributed by atoms with van der Waals surface area (Å²) in [6.45, 7) is 0. The maximum absolute atomic E-state index is 13.0. The molecule has 1 saturated carbocycles. The fourth-order valence-corrected chi connectivity index (χ4v) is 1.45. The molecular weight excluding hydrogens is 136 g/mol. The van der Waals surface area contributed by atoms with E-state index in [0.29, 0.717) is 12.8 Å². The summed E-state index contributed by atoms with van der Waals surface area (Å²) in [7, 11) is 2.26. The number of hydrogen-bond acceptors (Lipinski definition) is 1. The first kappa shape index (κ1) is 7.43. The molecule has 0 aromatic carbocycles. The van der Waals surface area contributed by atoms with Crippen LogP contribution in [-0.2, 0) is 0 Å². The number of hydrogen-bond donors (Lipinski definition) is 1. The van der Waals surface area contributed by atoms with Gasteiger partial charge in [-0.25, -0.2) is 4.39 Å². The molecule has 0 spiro atoms. The van der Waals surface area contributed by atoms with Crippen LogP contribution >= 0.6 is 9.24 Å². The van der Waals surface area contributed by atoms with Crippen molar-refractivity contribution >= 4 is 9.24 Å². The molecular formula is C6H13FNP. The maximum Gasteiger partial charge on any atom is 0.124 e. The third-order valence-electron chi connectivity index (χ3n) is 1.86. The molecule has 0 bridgehead atoms. The van der Waals surface area contributed by atoms with E-state index >= 15 is 0 Å². The Morgan fingerprint density at radius 2 is 1.89 bits per heavy atom. The summed E-state index contributed by atoms with van der Waals surface area (Å²) in [4.78, 5) is 0. The Morgan fingerprint density at radius 1 is 1.44 bits per heavy atom. The van der Waals surface area contributed by atoms with Gasteiger partial charge in [0.25, 0.3) is 0 Å². The molecule has 1 atom stereocenters. The van der Waals surface area contributed by atoms with E-state index in [0.717, 1.165) is 12.8 Å². The van der Waals surface area contributed by atoms with Crippen molar-refractivity contribution < 1.29 is 4.39 Å². The van der Waals surface area contributed by atoms with Crippen LogP contribution in [0.3, 0.4) is 0 Å². The highest BCUT2D eigenvalue weighted by Gasteiger charge is 2.28. The Morgan fingerprint density at radius 3 is 2.22 bits per heavy atom. The lowest BCUT2D eigenvalue weighted by Gasteiger charge is -2.28. The Bertz CT molecular complexity index is 95.2. The van der Waals surface area contributed by atoms with E-state index in [9.17, 15) is 4.39 Å². The number of rotatable bonds is 0. The van der Waals surface area contributed by atoms with Gasteiger partial charge in [-0.1, -0.05) is 9.24 Å². The Labute approximate surface area is 57.4 Å². The van der Waals surface area contributed by atoms with Gasteiger partial charge in [0.2, 0.25) is 0 Å². The molecule has 1 nitrogen and oxygen atoms in total. The first-order valence-electron chi connectivity index (χ1n) is 3.33. The van der Waals surface area contributed by atoms with Gasteiger partial charge in [0.05, 0.1) is 0 Å². The molecule has 0 aromatic heterocycles. The average Bonchev–Trinajstić information content (AvgIpc) is 1.78. The van der Waals surface area contributed by atoms with Crippen LogP contribution in [-0.4, -0.2) is 11.5 Å². The number of halogens is 1. The molecule has 3 heteroatoms. The zero-order valence-electron chi connectivity index (χ0n) is 5.44. The van der Waals surface area contributed by atoms with Crippen molar-refractivity contribution in [2.75, 3.05) is 0 Å². The minimum Gasteiger partial charge on any atom is -0.328 e. The van der Waals surface area contributed by atoms with E-state index in [-0.39, 0.29) is 6.04 Å². The monoisotopic (exact) mass is 149 g/mol. The molecule has 1 unspecified atom stereocenters. The minimum atomic E-state index is -1.00. The summed E-state index contributed by atoms with van der Waals surface area (Å²) in [6, 6.07) is 0.245. The van der Waals surface area contributed by atoms with E-state index in [1.807, 2.05) is 0 Å². The van der Waals surface area contributed by atoms with Crippen LogP contribution in [0, 0.1) is 0 Å². The molecule has 9 heavy (non-hydrogen) atoms. The first-order valence-corrected chi connectivity index (χ1v) is 3.91. The van der Waals surface area contributed by atoms with Gasteiger partial charge in [-0.05, 0) is 25.7 Å². The van der Waals surface area contributed by atoms with E-state index < -0.39 is 5.41 Å². The fraction of sp³-hybridized carbons (Fsp3) is 1.00. The van der Waals surface area contributed by atoms with Gasteiger partial charge in [0.15, 0.2) is 0 Å². The predicted octanol–water partition coefficient (Wildman–Crippen LogP) is 1.43. The van der Waals surface area contributed by atoms with E-state index in [4.69, 9.17) is 5.73 Å². The highest BCUT2D eigenvalue weighted by Crippen LogP contribution is 2.36. The molecule has 1 aliphatic rings. The van der Waals surface area contributed by atoms with Crippen molar-refractivity contribution in [2.24, 2.45) is 5.73 Å². The highest BCUT2D eigenvalue weighted by atomic mass is 31.0. The summed E-state index contributed by atoms with van der Waals surface area (Å²) >= 11 is 0. The predicted molar refractivity (Wildman–Crippen MR) is 40.0 cm³/mol. The molecule has 1 fully saturated rings. The van der Waals surface area contributed by atoms with Gasteiger partial charge in [-0.15, -0.1) is 0 Å². The third-order valence-corrected chi connectivity index (χ3v) is 2.44. The van der Waals surface area contributed by atoms with Crippen molar-refractivity contribution in [3.8, 4) is 0 Å². The van der Waals surface area contributed by atoms with Gasteiger partial charge in [0, 0.05) is 6.04 Å². The number of nitrogens with two attached hydrogens (primary N) is 1. The van der Waals surface area contributed by atoms with Crippen LogP contribution in [0.2, 0.25) is 0 Å². The largest absolute Gasteiger partial charge is 0.328 e. The van der Waals surface area contributed by atoms with E-state index in [1.165, 1.54) is 0 Å². The fourth-order valence-electron chi connectivity index (χ4n) is 1.12. The van der Waals surface area contributed by atoms with Crippen LogP contribution < -0.4 is 5.73 Å². The summed E-state index contributed by atoms with van der Waals surface area (Å²) in [5.74, 6) is 0. The summed E-state index contributed by atoms with van der Waals surface area (Å²) in [5.41, 5.74) is 5.58. The van der Waals surface area contributed by atoms with Crippen molar-refractivity contribution in [1.82, 2.24) is 0 Å². The van der Waals surface area contributed by atoms with Crippen molar-refractivity contribution in [3.63, 3.8) is 0 Å². The van der Waals surface area contributed by atoms with Crippen molar-refractivity contribution in [3.05, 3.63) is 0 Å². The Kier molecular flexibility index (Phi) is 2.07. The van der Waals surface area contributed by atoms with E-state index in [1.54, 1.807) is 0 Å². The normalized spacial score (nSPS) is 45.0. The summed E-state index contributed by atoms with van der Waals surface area (Å²) in [6.07, 6.45) is 2.89. The molecule has 0 aliphatic heterocycles. The molecule has 1 rings (SSSR count). The van der Waals surface area contributed by atoms with Crippen LogP contribution in [0.15, 0.2) is 0 Å². The second-order valence-electron chi connectivity index (χ2n) is 2.87. The second-order valence-corrected chi connectivity index (χ2v) is 3.91. The zero-order valence-corrected chi connectivity index (χ0v) is 6.59.